The number of likely N-dealkylation sites (tertiary alicyclic amines) is 1. The molecule has 34 heavy (non-hydrogen) atoms. The third-order valence-corrected chi connectivity index (χ3v) is 6.15. The third-order valence-electron chi connectivity index (χ3n) is 6.15. The topological polar surface area (TPSA) is 99.4 Å². The Labute approximate surface area is 196 Å². The van der Waals surface area contributed by atoms with Gasteiger partial charge in [-0.3, -0.25) is 9.59 Å². The minimum atomic E-state index is -0.734. The van der Waals surface area contributed by atoms with Gasteiger partial charge in [-0.05, 0) is 47.8 Å². The summed E-state index contributed by atoms with van der Waals surface area (Å²) in [6, 6.07) is 6.74. The zero-order valence-electron chi connectivity index (χ0n) is 18.7. The molecule has 1 aromatic heterocycles. The molecule has 0 saturated carbocycles. The number of primary amides is 1. The summed E-state index contributed by atoms with van der Waals surface area (Å²) in [7, 11) is 0. The Balaban J connectivity index is 1.89. The number of allylic oxidation sites excluding steroid dienone is 4. The van der Waals surface area contributed by atoms with Gasteiger partial charge in [0.05, 0.1) is 11.1 Å². The number of hydrogen-bond donors (Lipinski definition) is 3. The van der Waals surface area contributed by atoms with Crippen LogP contribution in [0, 0.1) is 5.82 Å². The van der Waals surface area contributed by atoms with E-state index >= 15 is 4.39 Å². The van der Waals surface area contributed by atoms with Crippen molar-refractivity contribution in [2.24, 2.45) is 5.73 Å². The SMILES string of the molecule is C=CC(=O)N1CC/C(=C/C=C(\C=C)c2c(F)cc(C(N)=O)c3[nH]c4cc(CCO)ccc4c23)C1. The molecular weight excluding hydrogens is 433 g/mol. The van der Waals surface area contributed by atoms with Crippen LogP contribution in [-0.2, 0) is 11.2 Å². The standard InChI is InChI=1S/C27H26FN3O3/c1-3-18(7-5-17-9-11-31(15-17)23(33)4-2)24-21(28)14-20(27(29)34)26-25(24)19-8-6-16(10-12-32)13-22(19)30-26/h3-8,13-14,30,32H,1-2,9-12,15H2,(H2,29,34)/b17-5-,18-7+. The number of H-pyrrole nitrogens is 1. The van der Waals surface area contributed by atoms with E-state index in [1.165, 1.54) is 6.08 Å². The van der Waals surface area contributed by atoms with E-state index in [4.69, 9.17) is 5.73 Å². The second kappa shape index (κ2) is 9.49. The van der Waals surface area contributed by atoms with E-state index in [2.05, 4.69) is 18.1 Å². The Bertz CT molecular complexity index is 1400. The van der Waals surface area contributed by atoms with Crippen LogP contribution in [0.2, 0.25) is 0 Å². The van der Waals surface area contributed by atoms with Crippen molar-refractivity contribution in [1.29, 1.82) is 0 Å². The normalized spacial score (nSPS) is 15.4. The number of carbonyl (C=O) groups excluding carboxylic acids is 2. The molecule has 0 spiro atoms. The Hall–Kier alpha value is -3.97. The highest BCUT2D eigenvalue weighted by Crippen LogP contribution is 2.37. The number of rotatable bonds is 7. The molecule has 0 bridgehead atoms. The van der Waals surface area contributed by atoms with Gasteiger partial charge in [-0.2, -0.15) is 0 Å². The number of aliphatic hydroxyl groups is 1. The van der Waals surface area contributed by atoms with Crippen molar-refractivity contribution in [3.8, 4) is 0 Å². The average Bonchev–Trinajstić information content (AvgIpc) is 3.44. The summed E-state index contributed by atoms with van der Waals surface area (Å²) in [5, 5.41) is 10.5. The van der Waals surface area contributed by atoms with Gasteiger partial charge in [-0.1, -0.05) is 43.5 Å². The van der Waals surface area contributed by atoms with Crippen LogP contribution >= 0.6 is 0 Å². The number of nitrogens with two attached hydrogens (primary N) is 1. The fraction of sp³-hybridized carbons (Fsp3) is 0.185. The summed E-state index contributed by atoms with van der Waals surface area (Å²) < 4.78 is 15.5. The number of hydrogen-bond acceptors (Lipinski definition) is 3. The highest BCUT2D eigenvalue weighted by molar-refractivity contribution is 6.18. The van der Waals surface area contributed by atoms with E-state index < -0.39 is 11.7 Å². The first-order valence-electron chi connectivity index (χ1n) is 11.0. The summed E-state index contributed by atoms with van der Waals surface area (Å²) in [5.41, 5.74) is 9.58. The van der Waals surface area contributed by atoms with E-state index in [1.54, 1.807) is 17.1 Å². The van der Waals surface area contributed by atoms with Crippen LogP contribution in [-0.4, -0.2) is 46.5 Å². The molecule has 174 valence electrons. The van der Waals surface area contributed by atoms with Gasteiger partial charge in [0.25, 0.3) is 5.91 Å². The number of aromatic nitrogens is 1. The molecule has 1 fully saturated rings. The van der Waals surface area contributed by atoms with Crippen molar-refractivity contribution < 1.29 is 19.1 Å². The number of nitrogens with one attached hydrogen (secondary N) is 1. The number of nitrogens with zero attached hydrogens (tertiary/aromatic N) is 1. The predicted molar refractivity (Wildman–Crippen MR) is 133 cm³/mol. The van der Waals surface area contributed by atoms with Crippen LogP contribution in [0.5, 0.6) is 0 Å². The Morgan fingerprint density at radius 2 is 2.03 bits per heavy atom. The van der Waals surface area contributed by atoms with Crippen molar-refractivity contribution in [2.45, 2.75) is 12.8 Å². The van der Waals surface area contributed by atoms with Gasteiger partial charge < -0.3 is 20.7 Å². The maximum absolute atomic E-state index is 15.5. The lowest BCUT2D eigenvalue weighted by Crippen LogP contribution is -2.25. The smallest absolute Gasteiger partial charge is 0.250 e. The van der Waals surface area contributed by atoms with Crippen LogP contribution in [0.1, 0.15) is 27.9 Å². The van der Waals surface area contributed by atoms with E-state index in [0.29, 0.717) is 47.1 Å². The maximum Gasteiger partial charge on any atom is 0.250 e. The first-order chi connectivity index (χ1) is 16.4. The molecule has 1 saturated heterocycles. The number of benzene rings is 2. The molecule has 1 aliphatic heterocycles. The summed E-state index contributed by atoms with van der Waals surface area (Å²) in [6.45, 7) is 8.51. The van der Waals surface area contributed by atoms with Crippen molar-refractivity contribution in [3.63, 3.8) is 0 Å². The highest BCUT2D eigenvalue weighted by Gasteiger charge is 2.22. The van der Waals surface area contributed by atoms with Crippen molar-refractivity contribution in [3.05, 3.63) is 89.8 Å². The molecule has 2 heterocycles. The molecule has 7 heteroatoms. The van der Waals surface area contributed by atoms with E-state index in [9.17, 15) is 14.7 Å². The van der Waals surface area contributed by atoms with Gasteiger partial charge in [0, 0.05) is 41.5 Å². The lowest BCUT2D eigenvalue weighted by molar-refractivity contribution is -0.124. The fourth-order valence-corrected chi connectivity index (χ4v) is 4.45. The first kappa shape index (κ1) is 23.2. The van der Waals surface area contributed by atoms with Crippen molar-refractivity contribution in [2.75, 3.05) is 19.7 Å². The zero-order chi connectivity index (χ0) is 24.4. The number of halogens is 1. The second-order valence-electron chi connectivity index (χ2n) is 8.24. The molecule has 0 unspecified atom stereocenters. The molecule has 2 aromatic carbocycles. The van der Waals surface area contributed by atoms with Gasteiger partial charge in [0.1, 0.15) is 5.82 Å². The number of amides is 2. The van der Waals surface area contributed by atoms with E-state index in [1.807, 2.05) is 24.3 Å². The molecule has 0 radical (unpaired) electrons. The Morgan fingerprint density at radius 3 is 2.71 bits per heavy atom. The molecule has 0 atom stereocenters. The van der Waals surface area contributed by atoms with Crippen LogP contribution < -0.4 is 5.73 Å². The fourth-order valence-electron chi connectivity index (χ4n) is 4.45. The van der Waals surface area contributed by atoms with E-state index in [-0.39, 0.29) is 18.1 Å². The summed E-state index contributed by atoms with van der Waals surface area (Å²) >= 11 is 0. The van der Waals surface area contributed by atoms with E-state index in [0.717, 1.165) is 29.0 Å². The van der Waals surface area contributed by atoms with Gasteiger partial charge in [-0.25, -0.2) is 4.39 Å². The molecule has 1 aliphatic rings. The number of aliphatic hydroxyl groups excluding tert-OH is 1. The Morgan fingerprint density at radius 1 is 1.24 bits per heavy atom. The van der Waals surface area contributed by atoms with Crippen LogP contribution in [0.15, 0.2) is 67.3 Å². The number of fused-ring (bicyclic) bond motifs is 3. The van der Waals surface area contributed by atoms with Gasteiger partial charge in [0.15, 0.2) is 0 Å². The lowest BCUT2D eigenvalue weighted by atomic mass is 9.95. The molecule has 4 rings (SSSR count). The Kier molecular flexibility index (Phi) is 6.47. The quantitative estimate of drug-likeness (QED) is 0.368. The first-order valence-corrected chi connectivity index (χ1v) is 11.0. The molecular formula is C27H26FN3O3. The minimum Gasteiger partial charge on any atom is -0.396 e. The molecule has 0 aliphatic carbocycles. The second-order valence-corrected chi connectivity index (χ2v) is 8.24. The van der Waals surface area contributed by atoms with Gasteiger partial charge in [0.2, 0.25) is 5.91 Å². The van der Waals surface area contributed by atoms with Gasteiger partial charge in [-0.15, -0.1) is 0 Å². The molecule has 3 aromatic rings. The monoisotopic (exact) mass is 459 g/mol. The summed E-state index contributed by atoms with van der Waals surface area (Å²) in [4.78, 5) is 28.9. The van der Waals surface area contributed by atoms with Crippen LogP contribution in [0.3, 0.4) is 0 Å². The summed E-state index contributed by atoms with van der Waals surface area (Å²) in [5.74, 6) is -1.44. The van der Waals surface area contributed by atoms with Crippen LogP contribution in [0.4, 0.5) is 4.39 Å². The third kappa shape index (κ3) is 4.18. The zero-order valence-corrected chi connectivity index (χ0v) is 18.7. The maximum atomic E-state index is 15.5. The highest BCUT2D eigenvalue weighted by atomic mass is 19.1. The van der Waals surface area contributed by atoms with Crippen LogP contribution in [0.25, 0.3) is 27.4 Å². The van der Waals surface area contributed by atoms with Gasteiger partial charge >= 0.3 is 0 Å². The van der Waals surface area contributed by atoms with Crippen molar-refractivity contribution >= 4 is 39.2 Å². The molecule has 4 N–H and O–H groups in total. The average molecular weight is 460 g/mol. The molecule has 2 amide bonds. The minimum absolute atomic E-state index is 0.00594. The van der Waals surface area contributed by atoms with Crippen molar-refractivity contribution in [1.82, 2.24) is 9.88 Å². The summed E-state index contributed by atoms with van der Waals surface area (Å²) in [6.07, 6.45) is 7.73. The predicted octanol–water partition coefficient (Wildman–Crippen LogP) is 4.01. The molecule has 6 nitrogen and oxygen atoms in total. The number of aromatic amines is 1. The largest absolute Gasteiger partial charge is 0.396 e. The number of carbonyl (C=O) groups is 2. The lowest BCUT2D eigenvalue weighted by Gasteiger charge is -2.11.